The second-order valence-electron chi connectivity index (χ2n) is 8.45. The van der Waals surface area contributed by atoms with Crippen molar-refractivity contribution < 1.29 is 22.7 Å². The number of fused-ring (bicyclic) bond motifs is 1. The monoisotopic (exact) mass is 547 g/mol. The Labute approximate surface area is 224 Å². The summed E-state index contributed by atoms with van der Waals surface area (Å²) in [4.78, 5) is 28.1. The molecule has 2 aromatic heterocycles. The molecular weight excluding hydrogens is 522 g/mol. The number of amides is 1. The van der Waals surface area contributed by atoms with Crippen LogP contribution in [0.1, 0.15) is 28.4 Å². The maximum atomic E-state index is 13.4. The average molecular weight is 548 g/mol. The van der Waals surface area contributed by atoms with Gasteiger partial charge < -0.3 is 25.1 Å². The fraction of sp³-hybridized carbons (Fsp3) is 0.154. The first kappa shape index (κ1) is 25.7. The summed E-state index contributed by atoms with van der Waals surface area (Å²) in [7, 11) is -1.06. The maximum Gasteiger partial charge on any atom is 0.291 e. The number of allylic oxidation sites excluding steroid dienone is 1. The molecule has 4 N–H and O–H groups in total. The molecule has 4 aromatic rings. The molecule has 0 saturated carbocycles. The van der Waals surface area contributed by atoms with Gasteiger partial charge in [-0.05, 0) is 37.1 Å². The number of rotatable bonds is 9. The molecule has 0 unspecified atom stereocenters. The van der Waals surface area contributed by atoms with Crippen LogP contribution < -0.4 is 24.8 Å². The van der Waals surface area contributed by atoms with Crippen LogP contribution in [0.15, 0.2) is 65.8 Å². The highest BCUT2D eigenvalue weighted by molar-refractivity contribution is 7.92. The lowest BCUT2D eigenvalue weighted by molar-refractivity contribution is 0.101. The van der Waals surface area contributed by atoms with E-state index in [1.165, 1.54) is 44.8 Å². The third-order valence-electron chi connectivity index (χ3n) is 5.78. The first-order valence-electron chi connectivity index (χ1n) is 11.9. The molecule has 12 nitrogen and oxygen atoms in total. The van der Waals surface area contributed by atoms with Crippen molar-refractivity contribution >= 4 is 45.0 Å². The third-order valence-corrected chi connectivity index (χ3v) is 7.12. The number of carbonyl (C=O) groups excluding carboxylic acids is 1. The van der Waals surface area contributed by atoms with Gasteiger partial charge in [-0.15, -0.1) is 0 Å². The van der Waals surface area contributed by atoms with E-state index in [9.17, 15) is 13.2 Å². The molecule has 0 aliphatic heterocycles. The number of benzene rings is 2. The average Bonchev–Trinajstić information content (AvgIpc) is 3.48. The van der Waals surface area contributed by atoms with Crippen molar-refractivity contribution in [3.63, 3.8) is 0 Å². The van der Waals surface area contributed by atoms with Gasteiger partial charge in [0, 0.05) is 42.0 Å². The van der Waals surface area contributed by atoms with Crippen LogP contribution in [0.3, 0.4) is 0 Å². The molecule has 5 rings (SSSR count). The molecule has 0 bridgehead atoms. The number of H-pyrrole nitrogens is 1. The van der Waals surface area contributed by atoms with Crippen LogP contribution in [0.4, 0.5) is 23.0 Å². The smallest absolute Gasteiger partial charge is 0.291 e. The zero-order chi connectivity index (χ0) is 27.4. The molecule has 0 spiro atoms. The van der Waals surface area contributed by atoms with Crippen LogP contribution >= 0.6 is 0 Å². The number of hydrogen-bond acceptors (Lipinski definition) is 9. The van der Waals surface area contributed by atoms with E-state index in [2.05, 4.69) is 35.3 Å². The predicted molar refractivity (Wildman–Crippen MR) is 146 cm³/mol. The summed E-state index contributed by atoms with van der Waals surface area (Å²) in [6, 6.07) is 11.0. The quantitative estimate of drug-likeness (QED) is 0.243. The highest BCUT2D eigenvalue weighted by atomic mass is 32.2. The second kappa shape index (κ2) is 10.8. The summed E-state index contributed by atoms with van der Waals surface area (Å²) in [6.07, 6.45) is 8.20. The first-order valence-corrected chi connectivity index (χ1v) is 13.3. The maximum absolute atomic E-state index is 13.4. The highest BCUT2D eigenvalue weighted by Crippen LogP contribution is 2.32. The molecular formula is C26H25N7O5S. The van der Waals surface area contributed by atoms with Crippen LogP contribution in [0, 0.1) is 0 Å². The van der Waals surface area contributed by atoms with Crippen molar-refractivity contribution in [1.29, 1.82) is 0 Å². The first-order chi connectivity index (χ1) is 18.8. The Bertz CT molecular complexity index is 1630. The van der Waals surface area contributed by atoms with Gasteiger partial charge in [0.2, 0.25) is 0 Å². The van der Waals surface area contributed by atoms with Gasteiger partial charge in [-0.25, -0.2) is 23.4 Å². The number of ether oxygens (including phenoxy) is 2. The molecule has 2 aromatic carbocycles. The number of methoxy groups -OCH3 is 2. The molecule has 0 saturated heterocycles. The van der Waals surface area contributed by atoms with E-state index in [1.54, 1.807) is 24.3 Å². The lowest BCUT2D eigenvalue weighted by Gasteiger charge is -2.18. The fourth-order valence-electron chi connectivity index (χ4n) is 3.90. The van der Waals surface area contributed by atoms with Crippen molar-refractivity contribution in [1.82, 2.24) is 19.9 Å². The number of hydrogen-bond donors (Lipinski definition) is 4. The number of aryl methyl sites for hydroxylation is 1. The number of sulfonamides is 1. The Balaban J connectivity index is 1.47. The van der Waals surface area contributed by atoms with Gasteiger partial charge in [0.1, 0.15) is 11.5 Å². The summed E-state index contributed by atoms with van der Waals surface area (Å²) in [6.45, 7) is 0. The Morgan fingerprint density at radius 2 is 1.79 bits per heavy atom. The Morgan fingerprint density at radius 3 is 2.51 bits per heavy atom. The summed E-state index contributed by atoms with van der Waals surface area (Å²) >= 11 is 0. The number of aromatic nitrogens is 4. The second-order valence-corrected chi connectivity index (χ2v) is 10.1. The summed E-state index contributed by atoms with van der Waals surface area (Å²) in [5.41, 5.74) is 2.16. The molecule has 39 heavy (non-hydrogen) atoms. The SMILES string of the molecule is COc1cc(Nc2nc3c(nc2NS(=O)(=O)c2cccc(NC(=O)c4ncc[nH]4)c2)C=CCC3)cc(OC)c1. The molecule has 0 atom stereocenters. The number of nitrogens with one attached hydrogen (secondary N) is 4. The Morgan fingerprint density at radius 1 is 1.00 bits per heavy atom. The van der Waals surface area contributed by atoms with Gasteiger partial charge in [-0.1, -0.05) is 12.1 Å². The number of imidazole rings is 1. The largest absolute Gasteiger partial charge is 0.497 e. The van der Waals surface area contributed by atoms with Crippen molar-refractivity contribution in [2.75, 3.05) is 29.6 Å². The van der Waals surface area contributed by atoms with Crippen molar-refractivity contribution in [3.8, 4) is 11.5 Å². The minimum Gasteiger partial charge on any atom is -0.497 e. The molecule has 0 radical (unpaired) electrons. The van der Waals surface area contributed by atoms with Crippen molar-refractivity contribution in [2.24, 2.45) is 0 Å². The van der Waals surface area contributed by atoms with Gasteiger partial charge in [0.25, 0.3) is 15.9 Å². The third kappa shape index (κ3) is 5.83. The van der Waals surface area contributed by atoms with E-state index >= 15 is 0 Å². The molecule has 1 aliphatic rings. The zero-order valence-electron chi connectivity index (χ0n) is 21.1. The van der Waals surface area contributed by atoms with E-state index < -0.39 is 15.9 Å². The van der Waals surface area contributed by atoms with E-state index in [4.69, 9.17) is 9.47 Å². The fourth-order valence-corrected chi connectivity index (χ4v) is 4.95. The van der Waals surface area contributed by atoms with Crippen LogP contribution in [-0.2, 0) is 16.4 Å². The predicted octanol–water partition coefficient (Wildman–Crippen LogP) is 3.97. The summed E-state index contributed by atoms with van der Waals surface area (Å²) in [5.74, 6) is 0.901. The van der Waals surface area contributed by atoms with E-state index in [0.717, 1.165) is 12.1 Å². The number of carbonyl (C=O) groups is 1. The number of nitrogens with zero attached hydrogens (tertiary/aromatic N) is 3. The minimum atomic E-state index is -4.13. The molecule has 13 heteroatoms. The normalized spacial score (nSPS) is 12.4. The van der Waals surface area contributed by atoms with E-state index in [0.29, 0.717) is 29.3 Å². The summed E-state index contributed by atoms with van der Waals surface area (Å²) < 4.78 is 40.1. The molecule has 1 aliphatic carbocycles. The van der Waals surface area contributed by atoms with Crippen LogP contribution in [0.25, 0.3) is 6.08 Å². The number of aromatic amines is 1. The lowest BCUT2D eigenvalue weighted by Crippen LogP contribution is -2.18. The van der Waals surface area contributed by atoms with Crippen LogP contribution in [0.5, 0.6) is 11.5 Å². The van der Waals surface area contributed by atoms with E-state index in [-0.39, 0.29) is 28.0 Å². The Hall–Kier alpha value is -4.91. The standard InChI is InChI=1S/C26H25N7O5S/c1-37-18-12-17(13-19(15-18)38-2)29-23-24(32-22-9-4-3-8-21(22)31-23)33-39(35,36)20-7-5-6-16(14-20)30-26(34)25-27-10-11-28-25/h4-7,9-15H,3,8H2,1-2H3,(H,27,28)(H,29,31)(H,30,34)(H,32,33). The van der Waals surface area contributed by atoms with Crippen molar-refractivity contribution in [2.45, 2.75) is 17.7 Å². The zero-order valence-corrected chi connectivity index (χ0v) is 21.9. The Kier molecular flexibility index (Phi) is 7.14. The van der Waals surface area contributed by atoms with Crippen LogP contribution in [-0.4, -0.2) is 48.5 Å². The molecule has 0 fully saturated rings. The van der Waals surface area contributed by atoms with Crippen LogP contribution in [0.2, 0.25) is 0 Å². The summed E-state index contributed by atoms with van der Waals surface area (Å²) in [5, 5.41) is 5.78. The number of anilines is 4. The van der Waals surface area contributed by atoms with E-state index in [1.807, 2.05) is 12.2 Å². The lowest BCUT2D eigenvalue weighted by atomic mass is 10.1. The topological polar surface area (TPSA) is 160 Å². The van der Waals surface area contributed by atoms with Gasteiger partial charge in [-0.3, -0.25) is 9.52 Å². The van der Waals surface area contributed by atoms with Gasteiger partial charge in [0.15, 0.2) is 17.5 Å². The van der Waals surface area contributed by atoms with Gasteiger partial charge >= 0.3 is 0 Å². The molecule has 200 valence electrons. The van der Waals surface area contributed by atoms with Crippen molar-refractivity contribution in [3.05, 3.63) is 78.1 Å². The van der Waals surface area contributed by atoms with Gasteiger partial charge in [0.05, 0.1) is 30.5 Å². The van der Waals surface area contributed by atoms with Gasteiger partial charge in [-0.2, -0.15) is 0 Å². The molecule has 1 amide bonds. The minimum absolute atomic E-state index is 0.00658. The highest BCUT2D eigenvalue weighted by Gasteiger charge is 2.22. The molecule has 2 heterocycles.